The number of aryl methyl sites for hydroxylation is 1. The number of ether oxygens (including phenoxy) is 1. The van der Waals surface area contributed by atoms with E-state index in [0.29, 0.717) is 29.5 Å². The first-order chi connectivity index (χ1) is 14.6. The van der Waals surface area contributed by atoms with Crippen LogP contribution in [0.1, 0.15) is 23.2 Å². The van der Waals surface area contributed by atoms with Gasteiger partial charge in [0.25, 0.3) is 0 Å². The molecule has 0 bridgehead atoms. The highest BCUT2D eigenvalue weighted by Gasteiger charge is 2.12. The number of fused-ring (bicyclic) bond motifs is 1. The number of rotatable bonds is 6. The fourth-order valence-corrected chi connectivity index (χ4v) is 3.13. The maximum Gasteiger partial charge on any atom is 0.337 e. The van der Waals surface area contributed by atoms with Crippen LogP contribution in [0.5, 0.6) is 0 Å². The van der Waals surface area contributed by atoms with Gasteiger partial charge in [-0.25, -0.2) is 4.79 Å². The first kappa shape index (κ1) is 19.4. The molecule has 2 aromatic carbocycles. The Morgan fingerprint density at radius 3 is 2.60 bits per heavy atom. The Morgan fingerprint density at radius 1 is 1.10 bits per heavy atom. The van der Waals surface area contributed by atoms with Gasteiger partial charge < -0.3 is 19.0 Å². The van der Waals surface area contributed by atoms with Crippen molar-refractivity contribution in [3.05, 3.63) is 66.2 Å². The number of hydrogen-bond acceptors (Lipinski definition) is 6. The van der Waals surface area contributed by atoms with Crippen LogP contribution < -0.4 is 5.32 Å². The van der Waals surface area contributed by atoms with Crippen LogP contribution in [-0.2, 0) is 22.5 Å². The van der Waals surface area contributed by atoms with Crippen LogP contribution in [0.25, 0.3) is 22.4 Å². The second-order valence-corrected chi connectivity index (χ2v) is 6.69. The lowest BCUT2D eigenvalue weighted by atomic mass is 10.1. The molecule has 8 nitrogen and oxygen atoms in total. The molecule has 0 spiro atoms. The average molecular weight is 404 g/mol. The smallest absolute Gasteiger partial charge is 0.337 e. The highest BCUT2D eigenvalue weighted by molar-refractivity contribution is 5.94. The minimum Gasteiger partial charge on any atom is -0.465 e. The molecule has 0 saturated carbocycles. The molecule has 1 amide bonds. The molecule has 0 fully saturated rings. The lowest BCUT2D eigenvalue weighted by Gasteiger charge is -2.08. The Morgan fingerprint density at radius 2 is 1.90 bits per heavy atom. The molecule has 30 heavy (non-hydrogen) atoms. The van der Waals surface area contributed by atoms with Crippen molar-refractivity contribution in [1.29, 1.82) is 0 Å². The highest BCUT2D eigenvalue weighted by atomic mass is 16.5. The maximum atomic E-state index is 12.5. The maximum absolute atomic E-state index is 12.5. The van der Waals surface area contributed by atoms with Gasteiger partial charge in [0.2, 0.25) is 17.7 Å². The molecule has 1 N–H and O–H groups in total. The van der Waals surface area contributed by atoms with E-state index in [4.69, 9.17) is 4.42 Å². The van der Waals surface area contributed by atoms with Crippen molar-refractivity contribution in [3.8, 4) is 11.5 Å². The Kier molecular flexibility index (Phi) is 5.30. The van der Waals surface area contributed by atoms with Crippen molar-refractivity contribution in [3.63, 3.8) is 0 Å². The van der Waals surface area contributed by atoms with Crippen LogP contribution in [0.4, 0.5) is 5.69 Å². The molecule has 0 saturated heterocycles. The number of aromatic nitrogens is 3. The van der Waals surface area contributed by atoms with Gasteiger partial charge >= 0.3 is 5.97 Å². The monoisotopic (exact) mass is 404 g/mol. The van der Waals surface area contributed by atoms with Crippen LogP contribution in [0, 0.1) is 0 Å². The van der Waals surface area contributed by atoms with Gasteiger partial charge in [0, 0.05) is 29.4 Å². The number of anilines is 1. The largest absolute Gasteiger partial charge is 0.465 e. The van der Waals surface area contributed by atoms with Crippen molar-refractivity contribution in [1.82, 2.24) is 14.8 Å². The fourth-order valence-electron chi connectivity index (χ4n) is 3.13. The number of amides is 1. The van der Waals surface area contributed by atoms with Gasteiger partial charge in [-0.3, -0.25) is 4.79 Å². The van der Waals surface area contributed by atoms with Crippen LogP contribution in [-0.4, -0.2) is 33.8 Å². The third-order valence-electron chi connectivity index (χ3n) is 4.69. The third-order valence-corrected chi connectivity index (χ3v) is 4.69. The molecule has 2 aromatic heterocycles. The zero-order valence-corrected chi connectivity index (χ0v) is 16.6. The lowest BCUT2D eigenvalue weighted by Crippen LogP contribution is -2.18. The molecule has 0 aliphatic rings. The summed E-state index contributed by atoms with van der Waals surface area (Å²) in [5, 5.41) is 11.9. The Labute approximate surface area is 172 Å². The van der Waals surface area contributed by atoms with Gasteiger partial charge in [-0.15, -0.1) is 10.2 Å². The quantitative estimate of drug-likeness (QED) is 0.492. The molecule has 8 heteroatoms. The summed E-state index contributed by atoms with van der Waals surface area (Å²) in [6.07, 6.45) is 2.53. The molecule has 0 radical (unpaired) electrons. The van der Waals surface area contributed by atoms with Gasteiger partial charge in [0.05, 0.1) is 12.7 Å². The molecular weight excluding hydrogens is 384 g/mol. The van der Waals surface area contributed by atoms with Crippen LogP contribution in [0.15, 0.2) is 59.1 Å². The molecule has 152 valence electrons. The molecule has 0 aliphatic carbocycles. The van der Waals surface area contributed by atoms with E-state index in [9.17, 15) is 9.59 Å². The minimum atomic E-state index is -0.421. The normalized spacial score (nSPS) is 10.9. The summed E-state index contributed by atoms with van der Waals surface area (Å²) in [5.74, 6) is 0.430. The number of hydrogen-bond donors (Lipinski definition) is 1. The van der Waals surface area contributed by atoms with E-state index < -0.39 is 5.97 Å². The van der Waals surface area contributed by atoms with Gasteiger partial charge in [-0.05, 0) is 47.9 Å². The van der Waals surface area contributed by atoms with Gasteiger partial charge in [-0.2, -0.15) is 0 Å². The zero-order valence-electron chi connectivity index (χ0n) is 16.6. The second kappa shape index (κ2) is 8.20. The van der Waals surface area contributed by atoms with E-state index in [2.05, 4.69) is 20.3 Å². The molecule has 0 aliphatic heterocycles. The van der Waals surface area contributed by atoms with Crippen LogP contribution >= 0.6 is 0 Å². The van der Waals surface area contributed by atoms with Crippen molar-refractivity contribution < 1.29 is 18.7 Å². The third kappa shape index (κ3) is 3.93. The number of benzene rings is 2. The second-order valence-electron chi connectivity index (χ2n) is 6.69. The first-order valence-electron chi connectivity index (χ1n) is 9.47. The predicted octanol–water partition coefficient (Wildman–Crippen LogP) is 3.68. The Bertz CT molecular complexity index is 1210. The number of carbonyl (C=O) groups excluding carboxylic acids is 2. The SMILES string of the molecule is CCc1nnc(-c2ccc3ccn(CC(=O)Nc4ccc(C(=O)OC)cc4)c3c2)o1. The van der Waals surface area contributed by atoms with Crippen LogP contribution in [0.2, 0.25) is 0 Å². The molecule has 0 unspecified atom stereocenters. The standard InChI is InChI=1S/C22H20N4O4/c1-3-20-24-25-21(30-20)16-5-4-14-10-11-26(18(14)12-16)13-19(27)23-17-8-6-15(7-9-17)22(28)29-2/h4-12H,3,13H2,1-2H3,(H,23,27). The number of nitrogens with one attached hydrogen (secondary N) is 1. The first-order valence-corrected chi connectivity index (χ1v) is 9.47. The van der Waals surface area contributed by atoms with E-state index in [1.807, 2.05) is 42.0 Å². The lowest BCUT2D eigenvalue weighted by molar-refractivity contribution is -0.116. The van der Waals surface area contributed by atoms with Gasteiger partial charge in [-0.1, -0.05) is 13.0 Å². The molecular formula is C22H20N4O4. The summed E-state index contributed by atoms with van der Waals surface area (Å²) in [5.41, 5.74) is 2.71. The van der Waals surface area contributed by atoms with Crippen molar-refractivity contribution in [2.24, 2.45) is 0 Å². The predicted molar refractivity (Wildman–Crippen MR) is 111 cm³/mol. The van der Waals surface area contributed by atoms with E-state index in [1.54, 1.807) is 24.3 Å². The van der Waals surface area contributed by atoms with Crippen molar-refractivity contribution in [2.45, 2.75) is 19.9 Å². The summed E-state index contributed by atoms with van der Waals surface area (Å²) in [6.45, 7) is 2.09. The summed E-state index contributed by atoms with van der Waals surface area (Å²) in [6, 6.07) is 14.3. The minimum absolute atomic E-state index is 0.135. The topological polar surface area (TPSA) is 99.2 Å². The number of nitrogens with zero attached hydrogens (tertiary/aromatic N) is 3. The molecule has 2 heterocycles. The van der Waals surface area contributed by atoms with Crippen molar-refractivity contribution >= 4 is 28.5 Å². The van der Waals surface area contributed by atoms with Crippen LogP contribution in [0.3, 0.4) is 0 Å². The summed E-state index contributed by atoms with van der Waals surface area (Å²) >= 11 is 0. The van der Waals surface area contributed by atoms with E-state index in [-0.39, 0.29) is 12.5 Å². The van der Waals surface area contributed by atoms with E-state index in [0.717, 1.165) is 16.5 Å². The summed E-state index contributed by atoms with van der Waals surface area (Å²) in [4.78, 5) is 24.0. The Hall–Kier alpha value is -3.94. The molecule has 0 atom stereocenters. The van der Waals surface area contributed by atoms with E-state index >= 15 is 0 Å². The summed E-state index contributed by atoms with van der Waals surface area (Å²) < 4.78 is 12.2. The fraction of sp³-hybridized carbons (Fsp3) is 0.182. The molecule has 4 aromatic rings. The molecule has 4 rings (SSSR count). The number of carbonyl (C=O) groups is 2. The zero-order chi connectivity index (χ0) is 21.1. The number of methoxy groups -OCH3 is 1. The highest BCUT2D eigenvalue weighted by Crippen LogP contribution is 2.24. The number of esters is 1. The van der Waals surface area contributed by atoms with Gasteiger partial charge in [0.1, 0.15) is 6.54 Å². The average Bonchev–Trinajstić information content (AvgIpc) is 3.40. The van der Waals surface area contributed by atoms with Gasteiger partial charge in [0.15, 0.2) is 0 Å². The Balaban J connectivity index is 1.51. The van der Waals surface area contributed by atoms with Crippen molar-refractivity contribution in [2.75, 3.05) is 12.4 Å². The van der Waals surface area contributed by atoms with E-state index in [1.165, 1.54) is 7.11 Å². The summed E-state index contributed by atoms with van der Waals surface area (Å²) in [7, 11) is 1.33.